The lowest BCUT2D eigenvalue weighted by Crippen LogP contribution is -2.27. The van der Waals surface area contributed by atoms with E-state index in [4.69, 9.17) is 15.2 Å². The minimum absolute atomic E-state index is 0.0681. The summed E-state index contributed by atoms with van der Waals surface area (Å²) in [6.07, 6.45) is 0. The molecule has 5 nitrogen and oxygen atoms in total. The summed E-state index contributed by atoms with van der Waals surface area (Å²) in [5, 5.41) is 0. The Labute approximate surface area is 164 Å². The molecule has 3 rings (SSSR count). The Balaban J connectivity index is 2.11. The highest BCUT2D eigenvalue weighted by Crippen LogP contribution is 2.41. The Hall–Kier alpha value is -2.35. The molecule has 0 spiro atoms. The van der Waals surface area contributed by atoms with Gasteiger partial charge >= 0.3 is 6.61 Å². The van der Waals surface area contributed by atoms with Crippen molar-refractivity contribution >= 4 is 22.0 Å². The van der Waals surface area contributed by atoms with E-state index >= 15 is 0 Å². The molecule has 0 fully saturated rings. The fraction of sp³-hybridized carbons (Fsp3) is 0.316. The molecule has 1 aliphatic heterocycles. The van der Waals surface area contributed by atoms with Crippen LogP contribution in [0.3, 0.4) is 0 Å². The number of nitrogens with two attached hydrogens (primary N) is 1. The monoisotopic (exact) mass is 440 g/mol. The SMILES string of the molecule is CCOc1cc(Br)cc(C2(c3ccc(OC(F)F)c(C)c3)COC(N)=N2)c1. The zero-order valence-electron chi connectivity index (χ0n) is 14.8. The second-order valence-electron chi connectivity index (χ2n) is 6.07. The zero-order chi connectivity index (χ0) is 19.6. The summed E-state index contributed by atoms with van der Waals surface area (Å²) in [7, 11) is 0. The number of hydrogen-bond donors (Lipinski definition) is 1. The molecule has 1 unspecified atom stereocenters. The van der Waals surface area contributed by atoms with Crippen molar-refractivity contribution < 1.29 is 23.0 Å². The number of hydrogen-bond acceptors (Lipinski definition) is 5. The third-order valence-electron chi connectivity index (χ3n) is 4.26. The molecule has 1 heterocycles. The highest BCUT2D eigenvalue weighted by molar-refractivity contribution is 9.10. The van der Waals surface area contributed by atoms with Crippen LogP contribution in [0.15, 0.2) is 45.9 Å². The van der Waals surface area contributed by atoms with Gasteiger partial charge in [-0.2, -0.15) is 8.78 Å². The summed E-state index contributed by atoms with van der Waals surface area (Å²) in [5.41, 5.74) is 7.03. The Kier molecular flexibility index (Phi) is 5.55. The average molecular weight is 441 g/mol. The Bertz CT molecular complexity index is 876. The molecule has 2 aromatic rings. The van der Waals surface area contributed by atoms with E-state index in [2.05, 4.69) is 25.7 Å². The van der Waals surface area contributed by atoms with Crippen LogP contribution in [0.4, 0.5) is 8.78 Å². The number of ether oxygens (including phenoxy) is 3. The number of amidine groups is 1. The maximum Gasteiger partial charge on any atom is 0.387 e. The second kappa shape index (κ2) is 7.72. The van der Waals surface area contributed by atoms with Crippen molar-refractivity contribution in [2.75, 3.05) is 13.2 Å². The van der Waals surface area contributed by atoms with E-state index in [-0.39, 0.29) is 18.4 Å². The van der Waals surface area contributed by atoms with E-state index in [0.717, 1.165) is 15.6 Å². The molecule has 2 N–H and O–H groups in total. The molecular formula is C19H19BrF2N2O3. The number of aliphatic imine (C=N–C) groups is 1. The first-order valence-electron chi connectivity index (χ1n) is 8.32. The average Bonchev–Trinajstić information content (AvgIpc) is 2.99. The van der Waals surface area contributed by atoms with Crippen LogP contribution in [-0.4, -0.2) is 25.8 Å². The lowest BCUT2D eigenvalue weighted by molar-refractivity contribution is -0.0503. The molecule has 0 radical (unpaired) electrons. The summed E-state index contributed by atoms with van der Waals surface area (Å²) in [4.78, 5) is 4.54. The summed E-state index contributed by atoms with van der Waals surface area (Å²) < 4.78 is 41.6. The molecule has 1 aliphatic rings. The fourth-order valence-electron chi connectivity index (χ4n) is 3.08. The number of benzene rings is 2. The van der Waals surface area contributed by atoms with Crippen LogP contribution in [0.5, 0.6) is 11.5 Å². The van der Waals surface area contributed by atoms with E-state index < -0.39 is 12.2 Å². The van der Waals surface area contributed by atoms with Crippen molar-refractivity contribution in [1.29, 1.82) is 0 Å². The predicted octanol–water partition coefficient (Wildman–Crippen LogP) is 4.35. The first-order valence-corrected chi connectivity index (χ1v) is 9.11. The largest absolute Gasteiger partial charge is 0.494 e. The van der Waals surface area contributed by atoms with Gasteiger partial charge in [0.05, 0.1) is 6.61 Å². The fourth-order valence-corrected chi connectivity index (χ4v) is 3.55. The highest BCUT2D eigenvalue weighted by Gasteiger charge is 2.41. The molecule has 1 atom stereocenters. The number of nitrogens with zero attached hydrogens (tertiary/aromatic N) is 1. The van der Waals surface area contributed by atoms with Crippen LogP contribution < -0.4 is 15.2 Å². The normalized spacial score (nSPS) is 19.0. The zero-order valence-corrected chi connectivity index (χ0v) is 16.4. The molecule has 2 aromatic carbocycles. The summed E-state index contributed by atoms with van der Waals surface area (Å²) in [5.74, 6) is 0.792. The van der Waals surface area contributed by atoms with Crippen molar-refractivity contribution in [2.24, 2.45) is 10.7 Å². The Morgan fingerprint density at radius 3 is 2.63 bits per heavy atom. The molecule has 0 aliphatic carbocycles. The van der Waals surface area contributed by atoms with Crippen LogP contribution in [0.1, 0.15) is 23.6 Å². The number of aryl methyl sites for hydroxylation is 1. The summed E-state index contributed by atoms with van der Waals surface area (Å²) >= 11 is 3.49. The molecule has 144 valence electrons. The molecule has 0 bridgehead atoms. The van der Waals surface area contributed by atoms with Gasteiger partial charge in [-0.1, -0.05) is 22.0 Å². The van der Waals surface area contributed by atoms with Gasteiger partial charge in [0, 0.05) is 4.47 Å². The topological polar surface area (TPSA) is 66.1 Å². The van der Waals surface area contributed by atoms with E-state index in [1.807, 2.05) is 25.1 Å². The lowest BCUT2D eigenvalue weighted by Gasteiger charge is -2.27. The standard InChI is InChI=1S/C19H19BrF2N2O3/c1-3-25-15-8-13(7-14(20)9-15)19(10-26-18(23)24-19)12-4-5-16(11(2)6-12)27-17(21)22/h4-9,17H,3,10H2,1-2H3,(H2,23,24). The molecule has 0 aromatic heterocycles. The first-order chi connectivity index (χ1) is 12.8. The number of rotatable bonds is 6. The summed E-state index contributed by atoms with van der Waals surface area (Å²) in [6.45, 7) is 1.42. The lowest BCUT2D eigenvalue weighted by atomic mass is 9.83. The minimum atomic E-state index is -2.88. The van der Waals surface area contributed by atoms with Gasteiger partial charge in [-0.05, 0) is 60.9 Å². The highest BCUT2D eigenvalue weighted by atomic mass is 79.9. The maximum atomic E-state index is 12.6. The van der Waals surface area contributed by atoms with Crippen LogP contribution in [0.25, 0.3) is 0 Å². The van der Waals surface area contributed by atoms with Gasteiger partial charge in [-0.25, -0.2) is 4.99 Å². The Morgan fingerprint density at radius 2 is 2.04 bits per heavy atom. The van der Waals surface area contributed by atoms with Crippen molar-refractivity contribution in [1.82, 2.24) is 0 Å². The number of alkyl halides is 2. The third-order valence-corrected chi connectivity index (χ3v) is 4.72. The van der Waals surface area contributed by atoms with Gasteiger partial charge in [-0.3, -0.25) is 0 Å². The van der Waals surface area contributed by atoms with Crippen molar-refractivity contribution in [3.63, 3.8) is 0 Å². The third kappa shape index (κ3) is 4.00. The van der Waals surface area contributed by atoms with E-state index in [0.29, 0.717) is 17.9 Å². The van der Waals surface area contributed by atoms with Gasteiger partial charge < -0.3 is 19.9 Å². The van der Waals surface area contributed by atoms with Crippen molar-refractivity contribution in [3.05, 3.63) is 57.6 Å². The molecule has 8 heteroatoms. The van der Waals surface area contributed by atoms with Gasteiger partial charge in [0.1, 0.15) is 18.1 Å². The predicted molar refractivity (Wildman–Crippen MR) is 101 cm³/mol. The van der Waals surface area contributed by atoms with E-state index in [1.54, 1.807) is 19.1 Å². The van der Waals surface area contributed by atoms with Crippen molar-refractivity contribution in [3.8, 4) is 11.5 Å². The maximum absolute atomic E-state index is 12.6. The minimum Gasteiger partial charge on any atom is -0.494 e. The molecule has 0 saturated heterocycles. The summed E-state index contributed by atoms with van der Waals surface area (Å²) in [6, 6.07) is 10.7. The quantitative estimate of drug-likeness (QED) is 0.724. The first kappa shape index (κ1) is 19.4. The molecule has 0 saturated carbocycles. The molecule has 0 amide bonds. The van der Waals surface area contributed by atoms with Gasteiger partial charge in [0.2, 0.25) is 0 Å². The smallest absolute Gasteiger partial charge is 0.387 e. The van der Waals surface area contributed by atoms with Crippen LogP contribution in [0, 0.1) is 6.92 Å². The van der Waals surface area contributed by atoms with Gasteiger partial charge in [-0.15, -0.1) is 0 Å². The van der Waals surface area contributed by atoms with Crippen molar-refractivity contribution in [2.45, 2.75) is 26.0 Å². The van der Waals surface area contributed by atoms with Crippen LogP contribution in [-0.2, 0) is 10.3 Å². The van der Waals surface area contributed by atoms with Gasteiger partial charge in [0.25, 0.3) is 6.02 Å². The van der Waals surface area contributed by atoms with Crippen LogP contribution >= 0.6 is 15.9 Å². The van der Waals surface area contributed by atoms with E-state index in [1.165, 1.54) is 6.07 Å². The van der Waals surface area contributed by atoms with Crippen LogP contribution in [0.2, 0.25) is 0 Å². The Morgan fingerprint density at radius 1 is 1.26 bits per heavy atom. The molecule has 27 heavy (non-hydrogen) atoms. The second-order valence-corrected chi connectivity index (χ2v) is 6.98. The van der Waals surface area contributed by atoms with Gasteiger partial charge in [0.15, 0.2) is 5.54 Å². The van der Waals surface area contributed by atoms with E-state index in [9.17, 15) is 8.78 Å². The number of halogens is 3. The molecular weight excluding hydrogens is 422 g/mol.